The van der Waals surface area contributed by atoms with Crippen LogP contribution in [0.5, 0.6) is 0 Å². The van der Waals surface area contributed by atoms with Gasteiger partial charge in [0.15, 0.2) is 0 Å². The molecule has 1 amide bonds. The molecule has 8 atom stereocenters. The van der Waals surface area contributed by atoms with E-state index in [1.54, 1.807) is 5.57 Å². The van der Waals surface area contributed by atoms with E-state index in [0.29, 0.717) is 25.2 Å². The first-order valence-electron chi connectivity index (χ1n) is 19.0. The second kappa shape index (κ2) is 15.0. The molecule has 0 aromatic carbocycles. The second-order valence-electron chi connectivity index (χ2n) is 18.2. The molecule has 4 aliphatic rings. The van der Waals surface area contributed by atoms with E-state index in [1.165, 1.54) is 51.4 Å². The highest BCUT2D eigenvalue weighted by Gasteiger charge is 2.59. The first kappa shape index (κ1) is 36.8. The molecule has 1 N–H and O–H groups in total. The molecule has 4 rings (SSSR count). The Kier molecular flexibility index (Phi) is 12.3. The van der Waals surface area contributed by atoms with Crippen LogP contribution in [0.2, 0.25) is 0 Å². The third kappa shape index (κ3) is 9.30. The second-order valence-corrected chi connectivity index (χ2v) is 18.2. The van der Waals surface area contributed by atoms with E-state index in [-0.39, 0.29) is 28.8 Å². The zero-order valence-electron chi connectivity index (χ0n) is 31.1. The van der Waals surface area contributed by atoms with Gasteiger partial charge in [0, 0.05) is 26.2 Å². The van der Waals surface area contributed by atoms with Crippen molar-refractivity contribution in [1.82, 2.24) is 5.32 Å². The number of alkyl carbamates (subject to hydrolysis) is 1. The Morgan fingerprint density at radius 1 is 0.933 bits per heavy atom. The lowest BCUT2D eigenvalue weighted by molar-refractivity contribution is -0.0668. The zero-order chi connectivity index (χ0) is 33.0. The van der Waals surface area contributed by atoms with Gasteiger partial charge in [0.25, 0.3) is 0 Å². The van der Waals surface area contributed by atoms with Gasteiger partial charge >= 0.3 is 6.09 Å². The number of hydrogen-bond acceptors (Lipinski definition) is 4. The third-order valence-electron chi connectivity index (χ3n) is 12.9. The van der Waals surface area contributed by atoms with E-state index in [0.717, 1.165) is 67.6 Å². The Morgan fingerprint density at radius 3 is 2.40 bits per heavy atom. The van der Waals surface area contributed by atoms with Crippen LogP contribution < -0.4 is 5.32 Å². The van der Waals surface area contributed by atoms with Crippen molar-refractivity contribution >= 4 is 6.09 Å². The molecule has 5 heteroatoms. The molecule has 0 aromatic rings. The third-order valence-corrected chi connectivity index (χ3v) is 12.9. The van der Waals surface area contributed by atoms with Gasteiger partial charge in [-0.05, 0) is 139 Å². The standard InChI is InChI=1S/C40H71NO4/c1-28(2)13-11-14-29(3)33-17-18-34-32-16-15-30-27-31(19-21-39(30,9)35(32)20-22-40(33,34)10)45-36(42)41-24-12-25-44-38(7,8)23-26-43-37(4,5)6/h15,28-29,31-35H,11-14,16-27H2,1-10H3,(H,41,42)/t29?,31-,32?,33+,34-,35-,39-,40+/m0/s1. The Bertz CT molecular complexity index is 997. The minimum atomic E-state index is -0.274. The molecule has 0 spiro atoms. The number of ether oxygens (including phenoxy) is 3. The number of allylic oxidation sites excluding steroid dienone is 1. The van der Waals surface area contributed by atoms with Crippen molar-refractivity contribution in [3.05, 3.63) is 11.6 Å². The monoisotopic (exact) mass is 630 g/mol. The lowest BCUT2D eigenvalue weighted by atomic mass is 9.47. The smallest absolute Gasteiger partial charge is 0.407 e. The summed E-state index contributed by atoms with van der Waals surface area (Å²) in [6.07, 6.45) is 18.1. The average molecular weight is 630 g/mol. The van der Waals surface area contributed by atoms with Crippen molar-refractivity contribution in [1.29, 1.82) is 0 Å². The molecule has 3 saturated carbocycles. The van der Waals surface area contributed by atoms with Crippen molar-refractivity contribution < 1.29 is 19.0 Å². The number of nitrogens with one attached hydrogen (secondary N) is 1. The van der Waals surface area contributed by atoms with Crippen LogP contribution >= 0.6 is 0 Å². The summed E-state index contributed by atoms with van der Waals surface area (Å²) in [5, 5.41) is 2.98. The van der Waals surface area contributed by atoms with Crippen molar-refractivity contribution in [2.45, 2.75) is 170 Å². The molecule has 0 radical (unpaired) electrons. The van der Waals surface area contributed by atoms with E-state index in [4.69, 9.17) is 14.2 Å². The maximum Gasteiger partial charge on any atom is 0.407 e. The van der Waals surface area contributed by atoms with Gasteiger partial charge in [-0.15, -0.1) is 0 Å². The number of rotatable bonds is 14. The summed E-state index contributed by atoms with van der Waals surface area (Å²) in [7, 11) is 0. The zero-order valence-corrected chi connectivity index (χ0v) is 31.1. The molecule has 260 valence electrons. The SMILES string of the molecule is CC(C)CCCC(C)[C@H]1CC[C@H]2C3CC=C4C[C@@H](OC(=O)NCCCOC(C)(C)CCOC(C)(C)C)CC[C@]4(C)[C@H]3CC[C@]12C. The fraction of sp³-hybridized carbons (Fsp3) is 0.925. The molecule has 5 nitrogen and oxygen atoms in total. The maximum atomic E-state index is 12.7. The molecular weight excluding hydrogens is 558 g/mol. The van der Waals surface area contributed by atoms with Crippen LogP contribution in [-0.2, 0) is 14.2 Å². The maximum absolute atomic E-state index is 12.7. The molecule has 0 heterocycles. The van der Waals surface area contributed by atoms with Crippen LogP contribution in [0.15, 0.2) is 11.6 Å². The molecule has 45 heavy (non-hydrogen) atoms. The average Bonchev–Trinajstić information content (AvgIpc) is 3.29. The number of carbonyl (C=O) groups excluding carboxylic acids is 1. The minimum absolute atomic E-state index is 0.00437. The molecule has 0 aromatic heterocycles. The Hall–Kier alpha value is -1.07. The summed E-state index contributed by atoms with van der Waals surface area (Å²) in [5.74, 6) is 5.11. The predicted octanol–water partition coefficient (Wildman–Crippen LogP) is 10.5. The van der Waals surface area contributed by atoms with Crippen LogP contribution in [0.4, 0.5) is 4.79 Å². The first-order valence-corrected chi connectivity index (χ1v) is 19.0. The Labute approximate surface area is 277 Å². The fourth-order valence-electron chi connectivity index (χ4n) is 10.2. The van der Waals surface area contributed by atoms with Gasteiger partial charge in [0.2, 0.25) is 0 Å². The van der Waals surface area contributed by atoms with Crippen LogP contribution in [0.25, 0.3) is 0 Å². The lowest BCUT2D eigenvalue weighted by Gasteiger charge is -2.58. The number of hydrogen-bond donors (Lipinski definition) is 1. The van der Waals surface area contributed by atoms with Crippen LogP contribution in [0.1, 0.15) is 153 Å². The highest BCUT2D eigenvalue weighted by Crippen LogP contribution is 2.67. The molecule has 0 bridgehead atoms. The van der Waals surface area contributed by atoms with Gasteiger partial charge in [-0.1, -0.05) is 65.5 Å². The molecular formula is C40H71NO4. The van der Waals surface area contributed by atoms with Crippen molar-refractivity contribution in [3.8, 4) is 0 Å². The highest BCUT2D eigenvalue weighted by atomic mass is 16.6. The van der Waals surface area contributed by atoms with Gasteiger partial charge in [-0.3, -0.25) is 0 Å². The summed E-state index contributed by atoms with van der Waals surface area (Å²) in [5.41, 5.74) is 2.02. The summed E-state index contributed by atoms with van der Waals surface area (Å²) >= 11 is 0. The van der Waals surface area contributed by atoms with E-state index in [9.17, 15) is 4.79 Å². The Morgan fingerprint density at radius 2 is 1.69 bits per heavy atom. The summed E-state index contributed by atoms with van der Waals surface area (Å²) in [6.45, 7) is 24.8. The number of amides is 1. The molecule has 0 saturated heterocycles. The van der Waals surface area contributed by atoms with Crippen molar-refractivity contribution in [2.75, 3.05) is 19.8 Å². The Balaban J connectivity index is 1.21. The molecule has 3 fully saturated rings. The summed E-state index contributed by atoms with van der Waals surface area (Å²) in [6, 6.07) is 0. The van der Waals surface area contributed by atoms with Crippen LogP contribution in [0, 0.1) is 46.3 Å². The van der Waals surface area contributed by atoms with Gasteiger partial charge in [0.1, 0.15) is 6.10 Å². The van der Waals surface area contributed by atoms with Crippen LogP contribution in [-0.4, -0.2) is 43.2 Å². The van der Waals surface area contributed by atoms with Crippen LogP contribution in [0.3, 0.4) is 0 Å². The first-order chi connectivity index (χ1) is 21.0. The molecule has 4 aliphatic carbocycles. The van der Waals surface area contributed by atoms with E-state index < -0.39 is 0 Å². The number of fused-ring (bicyclic) bond motifs is 5. The molecule has 0 aliphatic heterocycles. The quantitative estimate of drug-likeness (QED) is 0.153. The minimum Gasteiger partial charge on any atom is -0.446 e. The fourth-order valence-corrected chi connectivity index (χ4v) is 10.2. The van der Waals surface area contributed by atoms with E-state index >= 15 is 0 Å². The largest absolute Gasteiger partial charge is 0.446 e. The van der Waals surface area contributed by atoms with Gasteiger partial charge in [-0.2, -0.15) is 0 Å². The highest BCUT2D eigenvalue weighted by molar-refractivity contribution is 5.67. The molecule has 2 unspecified atom stereocenters. The van der Waals surface area contributed by atoms with Crippen molar-refractivity contribution in [3.63, 3.8) is 0 Å². The number of carbonyl (C=O) groups is 1. The lowest BCUT2D eigenvalue weighted by Crippen LogP contribution is -2.51. The normalized spacial score (nSPS) is 34.0. The predicted molar refractivity (Wildman–Crippen MR) is 186 cm³/mol. The summed E-state index contributed by atoms with van der Waals surface area (Å²) in [4.78, 5) is 12.7. The van der Waals surface area contributed by atoms with E-state index in [2.05, 4.69) is 80.6 Å². The summed E-state index contributed by atoms with van der Waals surface area (Å²) < 4.78 is 17.9. The van der Waals surface area contributed by atoms with Gasteiger partial charge in [-0.25, -0.2) is 4.79 Å². The van der Waals surface area contributed by atoms with Gasteiger partial charge < -0.3 is 19.5 Å². The topological polar surface area (TPSA) is 56.8 Å². The van der Waals surface area contributed by atoms with Crippen molar-refractivity contribution in [2.24, 2.45) is 46.3 Å². The van der Waals surface area contributed by atoms with E-state index in [1.807, 2.05) is 0 Å². The van der Waals surface area contributed by atoms with Gasteiger partial charge in [0.05, 0.1) is 11.2 Å².